The van der Waals surface area contributed by atoms with Crippen molar-refractivity contribution in [1.82, 2.24) is 10.3 Å². The first-order valence-electron chi connectivity index (χ1n) is 10.8. The topological polar surface area (TPSA) is 70.8 Å². The van der Waals surface area contributed by atoms with Gasteiger partial charge in [-0.2, -0.15) is 0 Å². The number of phenols is 1. The van der Waals surface area contributed by atoms with E-state index in [0.717, 1.165) is 34.2 Å². The number of nitrogens with one attached hydrogen (secondary N) is 1. The van der Waals surface area contributed by atoms with Crippen molar-refractivity contribution >= 4 is 23.0 Å². The molecule has 3 heterocycles. The maximum absolute atomic E-state index is 9.76. The van der Waals surface area contributed by atoms with Crippen LogP contribution in [0.1, 0.15) is 30.5 Å². The highest BCUT2D eigenvalue weighted by Gasteiger charge is 2.42. The van der Waals surface area contributed by atoms with E-state index in [4.69, 9.17) is 21.4 Å². The van der Waals surface area contributed by atoms with Gasteiger partial charge in [0.2, 0.25) is 0 Å². The minimum atomic E-state index is -0.256. The number of aromatic hydroxyl groups is 1. The summed E-state index contributed by atoms with van der Waals surface area (Å²) in [5.41, 5.74) is 2.68. The number of anilines is 1. The van der Waals surface area contributed by atoms with Crippen molar-refractivity contribution in [3.05, 3.63) is 96.5 Å². The average Bonchev–Trinajstić information content (AvgIpc) is 3.46. The Kier molecular flexibility index (Phi) is 5.71. The van der Waals surface area contributed by atoms with E-state index in [-0.39, 0.29) is 17.8 Å². The molecule has 2 atom stereocenters. The monoisotopic (exact) mass is 457 g/mol. The Bertz CT molecular complexity index is 1240. The van der Waals surface area contributed by atoms with Gasteiger partial charge in [0.15, 0.2) is 5.11 Å². The molecule has 0 bridgehead atoms. The third kappa shape index (κ3) is 4.15. The number of rotatable bonds is 6. The molecule has 4 aromatic rings. The number of nitrogens with zero attached hydrogens (tertiary/aromatic N) is 2. The summed E-state index contributed by atoms with van der Waals surface area (Å²) in [5.74, 6) is 2.55. The van der Waals surface area contributed by atoms with Crippen LogP contribution >= 0.6 is 12.2 Å². The molecule has 166 valence electrons. The Morgan fingerprint density at radius 1 is 1.03 bits per heavy atom. The van der Waals surface area contributed by atoms with Gasteiger partial charge in [0.1, 0.15) is 29.1 Å². The van der Waals surface area contributed by atoms with Crippen LogP contribution in [0.25, 0.3) is 11.3 Å². The van der Waals surface area contributed by atoms with Crippen LogP contribution in [-0.2, 0) is 0 Å². The predicted molar refractivity (Wildman–Crippen MR) is 131 cm³/mol. The lowest BCUT2D eigenvalue weighted by Gasteiger charge is -2.26. The molecule has 1 saturated heterocycles. The van der Waals surface area contributed by atoms with E-state index < -0.39 is 0 Å². The second kappa shape index (κ2) is 8.96. The van der Waals surface area contributed by atoms with Crippen molar-refractivity contribution in [3.8, 4) is 22.8 Å². The highest BCUT2D eigenvalue weighted by molar-refractivity contribution is 7.80. The summed E-state index contributed by atoms with van der Waals surface area (Å²) in [4.78, 5) is 6.57. The Balaban J connectivity index is 1.54. The van der Waals surface area contributed by atoms with Crippen LogP contribution in [0.2, 0.25) is 0 Å². The van der Waals surface area contributed by atoms with Crippen LogP contribution < -0.4 is 15.0 Å². The molecule has 1 aliphatic heterocycles. The number of furan rings is 1. The molecule has 1 aliphatic rings. The van der Waals surface area contributed by atoms with Gasteiger partial charge in [-0.3, -0.25) is 4.98 Å². The average molecular weight is 458 g/mol. The van der Waals surface area contributed by atoms with Crippen LogP contribution in [0.15, 0.2) is 89.5 Å². The lowest BCUT2D eigenvalue weighted by molar-refractivity contribution is 0.340. The van der Waals surface area contributed by atoms with Gasteiger partial charge in [0, 0.05) is 17.4 Å². The molecular weight excluding hydrogens is 434 g/mol. The first kappa shape index (κ1) is 21.0. The quantitative estimate of drug-likeness (QED) is 0.364. The number of aromatic nitrogens is 1. The molecule has 7 heteroatoms. The summed E-state index contributed by atoms with van der Waals surface area (Å²) in [6.07, 6.45) is 1.77. The number of hydrogen-bond donors (Lipinski definition) is 2. The predicted octanol–water partition coefficient (Wildman–Crippen LogP) is 5.62. The SMILES string of the molecule is CCOc1ccc(-c2ccc([C@@H]3[C@@H](c4ccccn4)NC(=S)N3c3ccc(O)cc3)o2)cc1. The summed E-state index contributed by atoms with van der Waals surface area (Å²) >= 11 is 5.72. The molecule has 33 heavy (non-hydrogen) atoms. The fourth-order valence-corrected chi connectivity index (χ4v) is 4.43. The summed E-state index contributed by atoms with van der Waals surface area (Å²) in [6.45, 7) is 2.59. The number of phenolic OH excluding ortho intramolecular Hbond substituents is 1. The van der Waals surface area contributed by atoms with Crippen molar-refractivity contribution in [1.29, 1.82) is 0 Å². The summed E-state index contributed by atoms with van der Waals surface area (Å²) < 4.78 is 11.9. The molecule has 2 N–H and O–H groups in total. The number of benzene rings is 2. The fourth-order valence-electron chi connectivity index (χ4n) is 4.08. The first-order valence-corrected chi connectivity index (χ1v) is 11.2. The molecule has 2 aromatic heterocycles. The zero-order chi connectivity index (χ0) is 22.8. The summed E-state index contributed by atoms with van der Waals surface area (Å²) in [6, 6.07) is 24.1. The van der Waals surface area contributed by atoms with Gasteiger partial charge >= 0.3 is 0 Å². The zero-order valence-electron chi connectivity index (χ0n) is 18.0. The molecule has 0 saturated carbocycles. The molecule has 0 unspecified atom stereocenters. The normalized spacial score (nSPS) is 17.7. The Morgan fingerprint density at radius 3 is 2.52 bits per heavy atom. The summed E-state index contributed by atoms with van der Waals surface area (Å²) in [5, 5.41) is 13.7. The van der Waals surface area contributed by atoms with Crippen LogP contribution in [-0.4, -0.2) is 21.8 Å². The minimum absolute atomic E-state index is 0.199. The lowest BCUT2D eigenvalue weighted by atomic mass is 10.0. The van der Waals surface area contributed by atoms with E-state index in [1.54, 1.807) is 18.3 Å². The summed E-state index contributed by atoms with van der Waals surface area (Å²) in [7, 11) is 0. The molecule has 0 amide bonds. The third-order valence-corrected chi connectivity index (χ3v) is 5.91. The van der Waals surface area contributed by atoms with Crippen molar-refractivity contribution in [2.45, 2.75) is 19.0 Å². The van der Waals surface area contributed by atoms with E-state index in [0.29, 0.717) is 11.7 Å². The Hall–Kier alpha value is -3.84. The molecular formula is C26H23N3O3S. The van der Waals surface area contributed by atoms with Crippen molar-refractivity contribution < 1.29 is 14.3 Å². The smallest absolute Gasteiger partial charge is 0.174 e. The van der Waals surface area contributed by atoms with Gasteiger partial charge in [-0.05, 0) is 91.9 Å². The van der Waals surface area contributed by atoms with E-state index in [1.807, 2.05) is 78.6 Å². The maximum Gasteiger partial charge on any atom is 0.174 e. The van der Waals surface area contributed by atoms with Gasteiger partial charge in [0.25, 0.3) is 0 Å². The molecule has 0 aliphatic carbocycles. The molecule has 1 fully saturated rings. The maximum atomic E-state index is 9.76. The van der Waals surface area contributed by atoms with Crippen LogP contribution in [0.3, 0.4) is 0 Å². The fraction of sp³-hybridized carbons (Fsp3) is 0.154. The minimum Gasteiger partial charge on any atom is -0.508 e. The first-order chi connectivity index (χ1) is 16.1. The van der Waals surface area contributed by atoms with Gasteiger partial charge < -0.3 is 24.5 Å². The second-order valence-electron chi connectivity index (χ2n) is 7.67. The van der Waals surface area contributed by atoms with Crippen LogP contribution in [0.4, 0.5) is 5.69 Å². The third-order valence-electron chi connectivity index (χ3n) is 5.59. The van der Waals surface area contributed by atoms with Crippen molar-refractivity contribution in [2.75, 3.05) is 11.5 Å². The van der Waals surface area contributed by atoms with Crippen molar-refractivity contribution in [2.24, 2.45) is 0 Å². The number of thiocarbonyl (C=S) groups is 1. The van der Waals surface area contributed by atoms with Gasteiger partial charge in [0.05, 0.1) is 18.3 Å². The lowest BCUT2D eigenvalue weighted by Crippen LogP contribution is -2.29. The van der Waals surface area contributed by atoms with E-state index in [2.05, 4.69) is 10.3 Å². The number of pyridine rings is 1. The van der Waals surface area contributed by atoms with Gasteiger partial charge in [-0.25, -0.2) is 0 Å². The highest BCUT2D eigenvalue weighted by atomic mass is 32.1. The van der Waals surface area contributed by atoms with Crippen LogP contribution in [0.5, 0.6) is 11.5 Å². The van der Waals surface area contributed by atoms with Crippen LogP contribution in [0, 0.1) is 0 Å². The highest BCUT2D eigenvalue weighted by Crippen LogP contribution is 2.43. The van der Waals surface area contributed by atoms with E-state index >= 15 is 0 Å². The Labute approximate surface area is 197 Å². The number of ether oxygens (including phenoxy) is 1. The number of hydrogen-bond acceptors (Lipinski definition) is 5. The standard InChI is InChI=1S/C26H23N3O3S/c1-2-31-20-12-6-17(7-13-20)22-14-15-23(32-22)25-24(21-5-3-4-16-27-21)28-26(33)29(25)18-8-10-19(30)11-9-18/h3-16,24-25,30H,2H2,1H3,(H,28,33)/t24-,25-/m1/s1. The molecule has 2 aromatic carbocycles. The molecule has 5 rings (SSSR count). The second-order valence-corrected chi connectivity index (χ2v) is 8.06. The van der Waals surface area contributed by atoms with E-state index in [1.165, 1.54) is 0 Å². The largest absolute Gasteiger partial charge is 0.508 e. The zero-order valence-corrected chi connectivity index (χ0v) is 18.8. The Morgan fingerprint density at radius 2 is 1.82 bits per heavy atom. The van der Waals surface area contributed by atoms with Gasteiger partial charge in [-0.15, -0.1) is 0 Å². The molecule has 0 spiro atoms. The van der Waals surface area contributed by atoms with E-state index in [9.17, 15) is 5.11 Å². The molecule has 6 nitrogen and oxygen atoms in total. The van der Waals surface area contributed by atoms with Crippen molar-refractivity contribution in [3.63, 3.8) is 0 Å². The molecule has 0 radical (unpaired) electrons. The van der Waals surface area contributed by atoms with Gasteiger partial charge in [-0.1, -0.05) is 6.07 Å².